The number of aromatic nitrogens is 1. The van der Waals surface area contributed by atoms with E-state index in [9.17, 15) is 10.1 Å². The van der Waals surface area contributed by atoms with Crippen molar-refractivity contribution in [1.29, 1.82) is 0 Å². The number of anilines is 1. The molecule has 3 rings (SSSR count). The first-order valence-electron chi connectivity index (χ1n) is 6.72. The molecular weight excluding hydrogens is 316 g/mol. The number of nitro groups is 1. The molecule has 0 amide bonds. The van der Waals surface area contributed by atoms with Gasteiger partial charge in [-0.25, -0.2) is 4.98 Å². The lowest BCUT2D eigenvalue weighted by Gasteiger charge is -2.02. The molecule has 0 bridgehead atoms. The third-order valence-electron chi connectivity index (χ3n) is 3.16. The lowest BCUT2D eigenvalue weighted by molar-refractivity contribution is -0.384. The molecule has 1 aromatic heterocycles. The number of hydrogen-bond donors (Lipinski definition) is 1. The number of hydrogen-bond acceptors (Lipinski definition) is 5. The van der Waals surface area contributed by atoms with Crippen LogP contribution in [0.5, 0.6) is 0 Å². The van der Waals surface area contributed by atoms with Crippen molar-refractivity contribution in [1.82, 2.24) is 4.98 Å². The highest BCUT2D eigenvalue weighted by atomic mass is 35.5. The Kier molecular flexibility index (Phi) is 4.16. The highest BCUT2D eigenvalue weighted by Gasteiger charge is 2.11. The van der Waals surface area contributed by atoms with Gasteiger partial charge in [0.2, 0.25) is 0 Å². The molecule has 0 radical (unpaired) electrons. The van der Waals surface area contributed by atoms with Gasteiger partial charge in [-0.15, -0.1) is 0 Å². The summed E-state index contributed by atoms with van der Waals surface area (Å²) < 4.78 is 0. The summed E-state index contributed by atoms with van der Waals surface area (Å²) in [7, 11) is 0. The van der Waals surface area contributed by atoms with Crippen molar-refractivity contribution >= 4 is 40.2 Å². The molecular formula is C16H11ClN4O2. The van der Waals surface area contributed by atoms with E-state index in [1.54, 1.807) is 6.07 Å². The number of nitrogens with one attached hydrogen (secondary N) is 1. The van der Waals surface area contributed by atoms with Crippen molar-refractivity contribution in [3.63, 3.8) is 0 Å². The fourth-order valence-electron chi connectivity index (χ4n) is 2.05. The summed E-state index contributed by atoms with van der Waals surface area (Å²) in [6.45, 7) is 0. The van der Waals surface area contributed by atoms with Crippen LogP contribution >= 0.6 is 11.6 Å². The molecule has 0 spiro atoms. The summed E-state index contributed by atoms with van der Waals surface area (Å²) in [6, 6.07) is 16.0. The summed E-state index contributed by atoms with van der Waals surface area (Å²) >= 11 is 5.76. The largest absolute Gasteiger partial charge is 0.288 e. The number of nitrogens with zero attached hydrogens (tertiary/aromatic N) is 3. The van der Waals surface area contributed by atoms with Crippen LogP contribution < -0.4 is 5.43 Å². The molecule has 1 N–H and O–H groups in total. The number of nitro benzene ring substituents is 1. The molecule has 0 saturated carbocycles. The van der Waals surface area contributed by atoms with Gasteiger partial charge >= 0.3 is 0 Å². The smallest absolute Gasteiger partial charge is 0.261 e. The van der Waals surface area contributed by atoms with Crippen molar-refractivity contribution in [2.24, 2.45) is 5.10 Å². The summed E-state index contributed by atoms with van der Waals surface area (Å²) in [5, 5.41) is 16.0. The van der Waals surface area contributed by atoms with Gasteiger partial charge in [-0.2, -0.15) is 5.10 Å². The maximum atomic E-state index is 10.8. The highest BCUT2D eigenvalue weighted by molar-refractivity contribution is 6.32. The average Bonchev–Trinajstić information content (AvgIpc) is 2.56. The zero-order valence-corrected chi connectivity index (χ0v) is 12.6. The topological polar surface area (TPSA) is 80.4 Å². The molecule has 1 heterocycles. The monoisotopic (exact) mass is 326 g/mol. The lowest BCUT2D eigenvalue weighted by Crippen LogP contribution is -1.95. The van der Waals surface area contributed by atoms with Crippen LogP contribution in [-0.2, 0) is 0 Å². The van der Waals surface area contributed by atoms with Gasteiger partial charge in [0, 0.05) is 17.0 Å². The summed E-state index contributed by atoms with van der Waals surface area (Å²) in [6.07, 6.45) is 1.47. The standard InChI is InChI=1S/C16H11ClN4O2/c17-13-7-5-11(9-15(13)21(22)23)10-18-20-16-8-6-12-3-1-2-4-14(12)19-16/h1-10H,(H,19,20)/b18-10+. The third-order valence-corrected chi connectivity index (χ3v) is 3.48. The van der Waals surface area contributed by atoms with E-state index in [1.807, 2.05) is 36.4 Å². The van der Waals surface area contributed by atoms with Crippen LogP contribution in [0.4, 0.5) is 11.5 Å². The minimum atomic E-state index is -0.530. The Balaban J connectivity index is 1.77. The van der Waals surface area contributed by atoms with Gasteiger partial charge in [-0.3, -0.25) is 15.5 Å². The summed E-state index contributed by atoms with van der Waals surface area (Å²) in [5.41, 5.74) is 4.07. The van der Waals surface area contributed by atoms with Gasteiger partial charge in [0.05, 0.1) is 16.7 Å². The first-order valence-corrected chi connectivity index (χ1v) is 7.10. The number of benzene rings is 2. The Bertz CT molecular complexity index is 911. The maximum absolute atomic E-state index is 10.8. The first kappa shape index (κ1) is 14.9. The van der Waals surface area contributed by atoms with Crippen LogP contribution in [0.15, 0.2) is 59.7 Å². The molecule has 3 aromatic rings. The van der Waals surface area contributed by atoms with Crippen LogP contribution in [0.25, 0.3) is 10.9 Å². The summed E-state index contributed by atoms with van der Waals surface area (Å²) in [4.78, 5) is 14.7. The van der Waals surface area contributed by atoms with E-state index in [2.05, 4.69) is 15.5 Å². The minimum Gasteiger partial charge on any atom is -0.261 e. The van der Waals surface area contributed by atoms with Crippen LogP contribution in [-0.4, -0.2) is 16.1 Å². The van der Waals surface area contributed by atoms with Gasteiger partial charge < -0.3 is 0 Å². The van der Waals surface area contributed by atoms with E-state index in [0.717, 1.165) is 10.9 Å². The molecule has 114 valence electrons. The number of hydrazone groups is 1. The van der Waals surface area contributed by atoms with Gasteiger partial charge in [0.25, 0.3) is 5.69 Å². The molecule has 0 aliphatic heterocycles. The molecule has 0 atom stereocenters. The van der Waals surface area contributed by atoms with Crippen molar-refractivity contribution in [3.05, 3.63) is 75.3 Å². The second-order valence-corrected chi connectivity index (χ2v) is 5.13. The van der Waals surface area contributed by atoms with Crippen molar-refractivity contribution in [3.8, 4) is 0 Å². The van der Waals surface area contributed by atoms with Gasteiger partial charge in [-0.1, -0.05) is 35.9 Å². The number of pyridine rings is 1. The van der Waals surface area contributed by atoms with E-state index < -0.39 is 4.92 Å². The Labute approximate surface area is 136 Å². The Hall–Kier alpha value is -2.99. The fraction of sp³-hybridized carbons (Fsp3) is 0. The molecule has 23 heavy (non-hydrogen) atoms. The molecule has 2 aromatic carbocycles. The number of fused-ring (bicyclic) bond motifs is 1. The zero-order chi connectivity index (χ0) is 16.2. The van der Waals surface area contributed by atoms with Crippen LogP contribution in [0.3, 0.4) is 0 Å². The molecule has 0 aliphatic rings. The van der Waals surface area contributed by atoms with Gasteiger partial charge in [-0.05, 0) is 24.3 Å². The second kappa shape index (κ2) is 6.41. The van der Waals surface area contributed by atoms with E-state index in [-0.39, 0.29) is 10.7 Å². The lowest BCUT2D eigenvalue weighted by atomic mass is 10.2. The second-order valence-electron chi connectivity index (χ2n) is 4.73. The third kappa shape index (κ3) is 3.44. The normalized spacial score (nSPS) is 11.0. The van der Waals surface area contributed by atoms with E-state index in [1.165, 1.54) is 18.3 Å². The molecule has 0 fully saturated rings. The maximum Gasteiger partial charge on any atom is 0.288 e. The van der Waals surface area contributed by atoms with Crippen molar-refractivity contribution in [2.75, 3.05) is 5.43 Å². The van der Waals surface area contributed by atoms with E-state index >= 15 is 0 Å². The predicted molar refractivity (Wildman–Crippen MR) is 91.1 cm³/mol. The Morgan fingerprint density at radius 1 is 1.17 bits per heavy atom. The molecule has 7 heteroatoms. The van der Waals surface area contributed by atoms with E-state index in [0.29, 0.717) is 11.4 Å². The number of halogens is 1. The first-order chi connectivity index (χ1) is 11.1. The predicted octanol–water partition coefficient (Wildman–Crippen LogP) is 4.24. The fourth-order valence-corrected chi connectivity index (χ4v) is 2.24. The highest BCUT2D eigenvalue weighted by Crippen LogP contribution is 2.24. The molecule has 0 unspecified atom stereocenters. The van der Waals surface area contributed by atoms with Crippen LogP contribution in [0, 0.1) is 10.1 Å². The minimum absolute atomic E-state index is 0.0938. The molecule has 0 saturated heterocycles. The number of rotatable bonds is 4. The van der Waals surface area contributed by atoms with Crippen molar-refractivity contribution in [2.45, 2.75) is 0 Å². The van der Waals surface area contributed by atoms with E-state index in [4.69, 9.17) is 11.6 Å². The average molecular weight is 327 g/mol. The SMILES string of the molecule is O=[N+]([O-])c1cc(/C=N/Nc2ccc3ccccc3n2)ccc1Cl. The van der Waals surface area contributed by atoms with Gasteiger partial charge in [0.15, 0.2) is 0 Å². The van der Waals surface area contributed by atoms with Gasteiger partial charge in [0.1, 0.15) is 10.8 Å². The molecule has 0 aliphatic carbocycles. The Morgan fingerprint density at radius 2 is 2.00 bits per heavy atom. The quantitative estimate of drug-likeness (QED) is 0.441. The van der Waals surface area contributed by atoms with Crippen molar-refractivity contribution < 1.29 is 4.92 Å². The van der Waals surface area contributed by atoms with Crippen LogP contribution in [0.2, 0.25) is 5.02 Å². The number of para-hydroxylation sites is 1. The molecule has 6 nitrogen and oxygen atoms in total. The Morgan fingerprint density at radius 3 is 2.83 bits per heavy atom. The van der Waals surface area contributed by atoms with Crippen LogP contribution in [0.1, 0.15) is 5.56 Å². The summed E-state index contributed by atoms with van der Waals surface area (Å²) in [5.74, 6) is 0.586. The zero-order valence-electron chi connectivity index (χ0n) is 11.8.